The lowest BCUT2D eigenvalue weighted by Gasteiger charge is -2.04. The summed E-state index contributed by atoms with van der Waals surface area (Å²) in [5.41, 5.74) is 0.404. The van der Waals surface area contributed by atoms with Gasteiger partial charge >= 0.3 is 0 Å². The molecule has 2 rings (SSSR count). The number of hydrogen-bond acceptors (Lipinski definition) is 5. The molecule has 9 heteroatoms. The average Bonchev–Trinajstić information content (AvgIpc) is 2.47. The predicted molar refractivity (Wildman–Crippen MR) is 82.1 cm³/mol. The van der Waals surface area contributed by atoms with Crippen LogP contribution in [-0.2, 0) is 10.0 Å². The first-order valence-electron chi connectivity index (χ1n) is 6.35. The van der Waals surface area contributed by atoms with Gasteiger partial charge < -0.3 is 0 Å². The Kier molecular flexibility index (Phi) is 4.70. The maximum absolute atomic E-state index is 13.0. The lowest BCUT2D eigenvalue weighted by molar-refractivity contribution is -0.385. The minimum Gasteiger partial charge on any atom is -0.258 e. The number of nitrogens with one attached hydrogen (secondary N) is 1. The molecule has 0 atom stereocenters. The van der Waals surface area contributed by atoms with E-state index < -0.39 is 20.8 Å². The van der Waals surface area contributed by atoms with Gasteiger partial charge in [-0.2, -0.15) is 13.5 Å². The molecular formula is C14H12FN3O4S. The third kappa shape index (κ3) is 4.10. The van der Waals surface area contributed by atoms with Crippen LogP contribution in [0.25, 0.3) is 0 Å². The molecule has 0 heterocycles. The van der Waals surface area contributed by atoms with E-state index in [9.17, 15) is 22.9 Å². The zero-order valence-electron chi connectivity index (χ0n) is 11.9. The molecule has 7 nitrogen and oxygen atoms in total. The molecule has 120 valence electrons. The molecule has 0 unspecified atom stereocenters. The molecule has 0 fully saturated rings. The molecule has 0 aliphatic rings. The van der Waals surface area contributed by atoms with Gasteiger partial charge in [0.05, 0.1) is 16.0 Å². The summed E-state index contributed by atoms with van der Waals surface area (Å²) < 4.78 is 37.1. The Balaban J connectivity index is 2.22. The Labute approximate surface area is 131 Å². The summed E-state index contributed by atoms with van der Waals surface area (Å²) in [5.74, 6) is -0.481. The van der Waals surface area contributed by atoms with Crippen molar-refractivity contribution < 1.29 is 17.7 Å². The third-order valence-corrected chi connectivity index (χ3v) is 4.14. The first-order chi connectivity index (χ1) is 10.8. The van der Waals surface area contributed by atoms with Crippen molar-refractivity contribution in [2.75, 3.05) is 0 Å². The number of nitrogens with zero attached hydrogens (tertiary/aromatic N) is 2. The minimum atomic E-state index is -4.06. The van der Waals surface area contributed by atoms with Crippen molar-refractivity contribution in [3.8, 4) is 0 Å². The second-order valence-electron chi connectivity index (χ2n) is 4.61. The van der Waals surface area contributed by atoms with Crippen molar-refractivity contribution in [2.45, 2.75) is 11.8 Å². The van der Waals surface area contributed by atoms with Crippen LogP contribution in [0.4, 0.5) is 10.1 Å². The van der Waals surface area contributed by atoms with Gasteiger partial charge in [-0.25, -0.2) is 9.22 Å². The molecule has 23 heavy (non-hydrogen) atoms. The highest BCUT2D eigenvalue weighted by Gasteiger charge is 2.19. The number of hydrogen-bond donors (Lipinski definition) is 1. The highest BCUT2D eigenvalue weighted by Crippen LogP contribution is 2.21. The molecule has 0 radical (unpaired) electrons. The molecule has 0 spiro atoms. The second-order valence-corrected chi connectivity index (χ2v) is 6.27. The van der Waals surface area contributed by atoms with Crippen LogP contribution in [0.1, 0.15) is 11.1 Å². The fraction of sp³-hybridized carbons (Fsp3) is 0.0714. The molecule has 2 aromatic rings. The Morgan fingerprint density at radius 3 is 2.65 bits per heavy atom. The lowest BCUT2D eigenvalue weighted by atomic mass is 10.2. The summed E-state index contributed by atoms with van der Waals surface area (Å²) in [4.78, 5) is 11.8. The van der Waals surface area contributed by atoms with Gasteiger partial charge in [-0.3, -0.25) is 10.1 Å². The van der Waals surface area contributed by atoms with E-state index in [1.54, 1.807) is 0 Å². The monoisotopic (exact) mass is 337 g/mol. The quantitative estimate of drug-likeness (QED) is 0.514. The largest absolute Gasteiger partial charge is 0.276 e. The number of sulfonamides is 1. The first-order valence-corrected chi connectivity index (χ1v) is 7.83. The van der Waals surface area contributed by atoms with E-state index in [2.05, 4.69) is 5.10 Å². The molecule has 0 aromatic heterocycles. The number of hydrazone groups is 1. The van der Waals surface area contributed by atoms with Crippen LogP contribution in [0.3, 0.4) is 0 Å². The predicted octanol–water partition coefficient (Wildman–Crippen LogP) is 2.35. The van der Waals surface area contributed by atoms with E-state index in [1.165, 1.54) is 43.3 Å². The first kappa shape index (κ1) is 16.6. The van der Waals surface area contributed by atoms with E-state index in [0.29, 0.717) is 11.1 Å². The Bertz CT molecular complexity index is 881. The second kappa shape index (κ2) is 6.53. The molecule has 1 N–H and O–H groups in total. The van der Waals surface area contributed by atoms with Crippen LogP contribution in [0, 0.1) is 22.9 Å². The zero-order valence-corrected chi connectivity index (χ0v) is 12.7. The Morgan fingerprint density at radius 1 is 1.26 bits per heavy atom. The summed E-state index contributed by atoms with van der Waals surface area (Å²) in [5, 5.41) is 14.4. The number of nitro groups is 1. The van der Waals surface area contributed by atoms with Crippen LogP contribution < -0.4 is 4.83 Å². The summed E-state index contributed by atoms with van der Waals surface area (Å²) >= 11 is 0. The van der Waals surface area contributed by atoms with Gasteiger partial charge in [-0.1, -0.05) is 18.2 Å². The summed E-state index contributed by atoms with van der Waals surface area (Å²) in [7, 11) is -4.06. The topological polar surface area (TPSA) is 102 Å². The van der Waals surface area contributed by atoms with Crippen molar-refractivity contribution >= 4 is 21.9 Å². The van der Waals surface area contributed by atoms with Crippen LogP contribution in [0.15, 0.2) is 52.5 Å². The molecule has 0 saturated carbocycles. The van der Waals surface area contributed by atoms with Crippen molar-refractivity contribution in [3.63, 3.8) is 0 Å². The van der Waals surface area contributed by atoms with Crippen LogP contribution in [0.5, 0.6) is 0 Å². The molecular weight excluding hydrogens is 325 g/mol. The van der Waals surface area contributed by atoms with E-state index in [0.717, 1.165) is 12.3 Å². The van der Waals surface area contributed by atoms with Gasteiger partial charge in [0, 0.05) is 11.6 Å². The van der Waals surface area contributed by atoms with Crippen LogP contribution in [-0.4, -0.2) is 19.6 Å². The fourth-order valence-electron chi connectivity index (χ4n) is 1.76. The number of aryl methyl sites for hydroxylation is 1. The number of benzene rings is 2. The third-order valence-electron chi connectivity index (χ3n) is 2.92. The lowest BCUT2D eigenvalue weighted by Crippen LogP contribution is -2.18. The maximum atomic E-state index is 13.0. The van der Waals surface area contributed by atoms with Crippen molar-refractivity contribution in [2.24, 2.45) is 5.10 Å². The van der Waals surface area contributed by atoms with Gasteiger partial charge in [0.25, 0.3) is 15.7 Å². The van der Waals surface area contributed by atoms with Crippen LogP contribution >= 0.6 is 0 Å². The number of nitro benzene ring substituents is 1. The summed E-state index contributed by atoms with van der Waals surface area (Å²) in [6, 6.07) is 8.94. The Morgan fingerprint density at radius 2 is 2.00 bits per heavy atom. The van der Waals surface area contributed by atoms with Gasteiger partial charge in [-0.05, 0) is 30.7 Å². The van der Waals surface area contributed by atoms with Gasteiger partial charge in [0.15, 0.2) is 0 Å². The minimum absolute atomic E-state index is 0.286. The van der Waals surface area contributed by atoms with E-state index in [1.807, 2.05) is 4.83 Å². The fourth-order valence-corrected chi connectivity index (χ4v) is 2.57. The Hall–Kier alpha value is -2.81. The maximum Gasteiger partial charge on any atom is 0.276 e. The van der Waals surface area contributed by atoms with Crippen LogP contribution in [0.2, 0.25) is 0 Å². The van der Waals surface area contributed by atoms with E-state index in [4.69, 9.17) is 0 Å². The number of halogens is 1. The van der Waals surface area contributed by atoms with Gasteiger partial charge in [-0.15, -0.1) is 0 Å². The van der Waals surface area contributed by atoms with Gasteiger partial charge in [0.2, 0.25) is 0 Å². The normalized spacial score (nSPS) is 11.6. The molecule has 0 amide bonds. The molecule has 0 aliphatic carbocycles. The molecule has 0 aliphatic heterocycles. The number of rotatable bonds is 5. The molecule has 0 saturated heterocycles. The zero-order chi connectivity index (χ0) is 17.0. The van der Waals surface area contributed by atoms with Crippen molar-refractivity contribution in [1.29, 1.82) is 0 Å². The smallest absolute Gasteiger partial charge is 0.258 e. The highest BCUT2D eigenvalue weighted by atomic mass is 32.2. The average molecular weight is 337 g/mol. The molecule has 2 aromatic carbocycles. The van der Waals surface area contributed by atoms with E-state index in [-0.39, 0.29) is 10.6 Å². The van der Waals surface area contributed by atoms with Crippen molar-refractivity contribution in [1.82, 2.24) is 4.83 Å². The van der Waals surface area contributed by atoms with Gasteiger partial charge in [0.1, 0.15) is 5.82 Å². The SMILES string of the molecule is Cc1ccc(S(=O)(=O)N/N=C/c2cccc(F)c2)cc1[N+](=O)[O-]. The highest BCUT2D eigenvalue weighted by molar-refractivity contribution is 7.89. The van der Waals surface area contributed by atoms with Crippen molar-refractivity contribution in [3.05, 3.63) is 69.5 Å². The summed E-state index contributed by atoms with van der Waals surface area (Å²) in [6.45, 7) is 1.50. The summed E-state index contributed by atoms with van der Waals surface area (Å²) in [6.07, 6.45) is 1.13. The van der Waals surface area contributed by atoms with E-state index >= 15 is 0 Å². The standard InChI is InChI=1S/C14H12FN3O4S/c1-10-5-6-13(8-14(10)18(19)20)23(21,22)17-16-9-11-3-2-4-12(15)7-11/h2-9,17H,1H3/b16-9+. The molecule has 0 bridgehead atoms.